The summed E-state index contributed by atoms with van der Waals surface area (Å²) in [5.74, 6) is 0. The summed E-state index contributed by atoms with van der Waals surface area (Å²) in [7, 11) is -7.07. The van der Waals surface area contributed by atoms with Crippen LogP contribution in [0.1, 0.15) is 83.1 Å². The molecule has 0 aliphatic heterocycles. The van der Waals surface area contributed by atoms with Crippen LogP contribution in [0.4, 0.5) is 13.2 Å². The van der Waals surface area contributed by atoms with Gasteiger partial charge in [0.15, 0.2) is 0 Å². The summed E-state index contributed by atoms with van der Waals surface area (Å²) in [4.78, 5) is 17.7. The van der Waals surface area contributed by atoms with Crippen molar-refractivity contribution >= 4 is 36.6 Å². The summed E-state index contributed by atoms with van der Waals surface area (Å²) in [5.41, 5.74) is 7.24. The minimum absolute atomic E-state index is 0. The zero-order valence-electron chi connectivity index (χ0n) is 49.5. The van der Waals surface area contributed by atoms with Crippen LogP contribution in [0, 0.1) is 18.2 Å². The normalized spacial score (nSPS) is 11.0. The smallest absolute Gasteiger partial charge is 0.400 e. The zero-order valence-corrected chi connectivity index (χ0v) is 57.1. The number of aliphatic hydroxyl groups is 2. The molecule has 0 spiro atoms. The van der Waals surface area contributed by atoms with E-state index in [-0.39, 0.29) is 40.2 Å². The summed E-state index contributed by atoms with van der Waals surface area (Å²) >= 11 is 0. The average molecular weight is 1530 g/mol. The molecule has 2 radical (unpaired) electrons. The van der Waals surface area contributed by atoms with Gasteiger partial charge in [0, 0.05) is 84.8 Å². The predicted molar refractivity (Wildman–Crippen MR) is 330 cm³/mol. The quantitative estimate of drug-likeness (QED) is 0.0471. The number of halogens is 3. The van der Waals surface area contributed by atoms with Crippen molar-refractivity contribution in [1.29, 1.82) is 0 Å². The summed E-state index contributed by atoms with van der Waals surface area (Å²) in [6.45, 7) is 28.9. The number of pyridine rings is 4. The van der Waals surface area contributed by atoms with Crippen LogP contribution in [0.2, 0.25) is 33.2 Å². The van der Waals surface area contributed by atoms with Crippen molar-refractivity contribution in [3.05, 3.63) is 207 Å². The Morgan fingerprint density at radius 1 is 0.402 bits per heavy atom. The molecule has 17 heteroatoms. The maximum absolute atomic E-state index is 10.7. The van der Waals surface area contributed by atoms with Crippen LogP contribution in [0.25, 0.3) is 45.0 Å². The summed E-state index contributed by atoms with van der Waals surface area (Å²) in [6.07, 6.45) is 7.57. The topological polar surface area (TPSA) is 146 Å². The van der Waals surface area contributed by atoms with Gasteiger partial charge in [-0.1, -0.05) is 154 Å². The third-order valence-corrected chi connectivity index (χ3v) is 28.6. The Hall–Kier alpha value is -5.17. The van der Waals surface area contributed by atoms with Crippen molar-refractivity contribution in [2.24, 2.45) is 0 Å². The second-order valence-electron chi connectivity index (χ2n) is 20.2. The van der Waals surface area contributed by atoms with Gasteiger partial charge in [-0.05, 0) is 80.7 Å². The zero-order chi connectivity index (χ0) is 60.1. The number of aromatic nitrogens is 4. The Bertz CT molecular complexity index is 2730. The van der Waals surface area contributed by atoms with Gasteiger partial charge in [0.05, 0.1) is 21.8 Å². The van der Waals surface area contributed by atoms with E-state index in [2.05, 4.69) is 188 Å². The summed E-state index contributed by atoms with van der Waals surface area (Å²) in [5, 5.41) is 17.1. The van der Waals surface area contributed by atoms with Crippen LogP contribution >= 0.6 is 0 Å². The standard InChI is InChI=1S/C20H29NSi.C20H28NSi.2C11H8N.CHF3O3S.2CH4O.2Ir/c2*1-15(2)22(16(3)4,17(5)6)19-12-13-21-20(14-19)18-10-8-7-9-11-18;2*1-2-6-10(7-3-1)11-8-4-5-9-12-11;2-1(3,4)8(5,6)7;2*1-2;;/h7-17H,1-6H3;7-10,12-17H,1-6H3;2*1-6,8-9H;(H,5,6,7);2*2H,1H3;;/q;3*-1;;;;;. The molecule has 0 unspecified atom stereocenters. The number of aliphatic hydroxyl groups excluding tert-OH is 2. The van der Waals surface area contributed by atoms with Crippen LogP contribution < -0.4 is 10.4 Å². The molecule has 82 heavy (non-hydrogen) atoms. The largest absolute Gasteiger partial charge is 0.522 e. The minimum atomic E-state index is -5.84. The van der Waals surface area contributed by atoms with E-state index in [4.69, 9.17) is 23.2 Å². The Kier molecular flexibility index (Phi) is 36.2. The number of alkyl halides is 3. The van der Waals surface area contributed by atoms with Crippen molar-refractivity contribution in [1.82, 2.24) is 19.9 Å². The van der Waals surface area contributed by atoms with Gasteiger partial charge >= 0.3 is 15.6 Å². The van der Waals surface area contributed by atoms with Crippen LogP contribution in [0.15, 0.2) is 189 Å². The van der Waals surface area contributed by atoms with Gasteiger partial charge in [0.1, 0.15) is 0 Å². The number of nitrogens with zero attached hydrogens (tertiary/aromatic N) is 4. The molecule has 448 valence electrons. The molecule has 4 aromatic carbocycles. The number of benzene rings is 4. The van der Waals surface area contributed by atoms with E-state index in [0.717, 1.165) is 70.3 Å². The van der Waals surface area contributed by atoms with Crippen LogP contribution in [0.5, 0.6) is 0 Å². The van der Waals surface area contributed by atoms with E-state index in [1.807, 2.05) is 109 Å². The molecule has 0 amide bonds. The molecule has 0 atom stereocenters. The first-order valence-corrected chi connectivity index (χ1v) is 32.5. The van der Waals surface area contributed by atoms with Crippen LogP contribution in [0.3, 0.4) is 0 Å². The van der Waals surface area contributed by atoms with Gasteiger partial charge in [-0.15, -0.1) is 108 Å². The molecule has 3 N–H and O–H groups in total. The van der Waals surface area contributed by atoms with Gasteiger partial charge in [-0.3, -0.25) is 9.54 Å². The third kappa shape index (κ3) is 22.1. The fraction of sp³-hybridized carbons (Fsp3) is 0.323. The monoisotopic (exact) mass is 1530 g/mol. The van der Waals surface area contributed by atoms with E-state index >= 15 is 0 Å². The van der Waals surface area contributed by atoms with Crippen molar-refractivity contribution < 1.29 is 76.6 Å². The molecule has 9 nitrogen and oxygen atoms in total. The van der Waals surface area contributed by atoms with Gasteiger partial charge in [0.2, 0.25) is 0 Å². The van der Waals surface area contributed by atoms with Crippen molar-refractivity contribution in [2.75, 3.05) is 14.2 Å². The Morgan fingerprint density at radius 3 is 0.963 bits per heavy atom. The molecule has 0 fully saturated rings. The van der Waals surface area contributed by atoms with E-state index in [1.165, 1.54) is 10.8 Å². The molecule has 0 saturated heterocycles. The molecule has 4 aromatic heterocycles. The van der Waals surface area contributed by atoms with E-state index < -0.39 is 31.8 Å². The first kappa shape index (κ1) is 76.8. The fourth-order valence-corrected chi connectivity index (χ4v) is 24.5. The first-order chi connectivity index (χ1) is 38.0. The molecule has 0 saturated carbocycles. The molecule has 0 aliphatic rings. The number of hydrogen-bond acceptors (Lipinski definition) is 8. The number of rotatable bonds is 12. The second kappa shape index (κ2) is 38.6. The summed E-state index contributed by atoms with van der Waals surface area (Å²) < 4.78 is 57.5. The third-order valence-electron chi connectivity index (χ3n) is 13.9. The first-order valence-electron chi connectivity index (χ1n) is 26.6. The van der Waals surface area contributed by atoms with Crippen molar-refractivity contribution in [3.63, 3.8) is 0 Å². The molecule has 0 bridgehead atoms. The molecular formula is C65H82F3Ir2N4O5SSi2-3. The minimum Gasteiger partial charge on any atom is -0.400 e. The van der Waals surface area contributed by atoms with Gasteiger partial charge in [-0.25, -0.2) is 0 Å². The van der Waals surface area contributed by atoms with E-state index in [0.29, 0.717) is 16.6 Å². The van der Waals surface area contributed by atoms with Crippen molar-refractivity contribution in [3.8, 4) is 45.0 Å². The number of hydrogen-bond donors (Lipinski definition) is 3. The summed E-state index contributed by atoms with van der Waals surface area (Å²) in [6, 6.07) is 64.8. The van der Waals surface area contributed by atoms with Crippen molar-refractivity contribution in [2.45, 2.75) is 122 Å². The maximum atomic E-state index is 10.7. The SMILES string of the molecule is CC(C)[Si](c1ccnc(-c2[c-]cccc2)c1)(C(C)C)C(C)C.CC(C)[Si](c1ccnc(-c2ccccc2)c1)(C(C)C)C(C)C.CO.CO.O=S(=O)(O)C(F)(F)F.[Ir].[Ir].[c-]1ccccc1-c1ccccn1.[c-]1ccccc1-c1ccccn1. The predicted octanol–water partition coefficient (Wildman–Crippen LogP) is 15.8. The Labute approximate surface area is 517 Å². The van der Waals surface area contributed by atoms with Gasteiger partial charge in [0.25, 0.3) is 0 Å². The van der Waals surface area contributed by atoms with E-state index in [1.54, 1.807) is 17.6 Å². The molecule has 0 aliphatic carbocycles. The second-order valence-corrected chi connectivity index (χ2v) is 33.4. The fourth-order valence-electron chi connectivity index (χ4n) is 11.0. The molecule has 8 aromatic rings. The molecule has 8 rings (SSSR count). The van der Waals surface area contributed by atoms with Crippen LogP contribution in [-0.2, 0) is 50.3 Å². The molecular weight excluding hydrogens is 1450 g/mol. The van der Waals surface area contributed by atoms with Gasteiger partial charge < -0.3 is 25.2 Å². The maximum Gasteiger partial charge on any atom is 0.522 e. The van der Waals surface area contributed by atoms with E-state index in [9.17, 15) is 13.2 Å². The Morgan fingerprint density at radius 2 is 0.683 bits per heavy atom. The van der Waals surface area contributed by atoms with Crippen LogP contribution in [-0.4, -0.2) is 79.0 Å². The average Bonchev–Trinajstić information content (AvgIpc) is 3.61. The van der Waals surface area contributed by atoms with Gasteiger partial charge in [-0.2, -0.15) is 21.6 Å². The molecule has 4 heterocycles. The Balaban J connectivity index is 0.00000102.